The van der Waals surface area contributed by atoms with Crippen LogP contribution in [0.1, 0.15) is 78.7 Å². The molecule has 3 heterocycles. The number of aromatic nitrogens is 2. The number of hydrogen-bond donors (Lipinski definition) is 3. The van der Waals surface area contributed by atoms with E-state index in [2.05, 4.69) is 27.1 Å². The first-order valence-corrected chi connectivity index (χ1v) is 22.5. The molecule has 0 radical (unpaired) electrons. The van der Waals surface area contributed by atoms with Gasteiger partial charge in [0.15, 0.2) is 0 Å². The van der Waals surface area contributed by atoms with Crippen molar-refractivity contribution < 1.29 is 46.3 Å². The number of fused-ring (bicyclic) bond motifs is 1. The van der Waals surface area contributed by atoms with Crippen molar-refractivity contribution in [3.05, 3.63) is 84.8 Å². The molecule has 1 aliphatic heterocycles. The second-order valence-electron chi connectivity index (χ2n) is 18.9. The van der Waals surface area contributed by atoms with Gasteiger partial charge in [-0.3, -0.25) is 19.1 Å². The fraction of sp³-hybridized carbons (Fsp3) is 0.478. The lowest BCUT2D eigenvalue weighted by Gasteiger charge is -2.36. The first-order valence-electron chi connectivity index (χ1n) is 21.0. The number of sulfonamides is 1. The van der Waals surface area contributed by atoms with Crippen molar-refractivity contribution in [3.8, 4) is 22.8 Å². The third-order valence-electron chi connectivity index (χ3n) is 11.8. The van der Waals surface area contributed by atoms with Crippen molar-refractivity contribution in [2.24, 2.45) is 11.3 Å². The van der Waals surface area contributed by atoms with Crippen LogP contribution in [-0.2, 0) is 35.6 Å². The second-order valence-corrected chi connectivity index (χ2v) is 21.0. The molecular weight excluding hydrogens is 829 g/mol. The highest BCUT2D eigenvalue weighted by molar-refractivity contribution is 7.91. The van der Waals surface area contributed by atoms with E-state index in [9.17, 15) is 27.6 Å². The van der Waals surface area contributed by atoms with E-state index in [1.807, 2.05) is 36.4 Å². The number of hydrogen-bond acceptors (Lipinski definition) is 12. The summed E-state index contributed by atoms with van der Waals surface area (Å²) in [5, 5.41) is 10.2. The average molecular weight is 885 g/mol. The molecule has 3 fully saturated rings. The van der Waals surface area contributed by atoms with Gasteiger partial charge < -0.3 is 34.3 Å². The number of likely N-dealkylation sites (tertiary alicyclic amines) is 1. The summed E-state index contributed by atoms with van der Waals surface area (Å²) in [6.45, 7) is 15.9. The molecule has 17 heteroatoms. The number of amides is 4. The molecule has 63 heavy (non-hydrogen) atoms. The van der Waals surface area contributed by atoms with Gasteiger partial charge in [0.2, 0.25) is 21.8 Å². The van der Waals surface area contributed by atoms with E-state index in [4.69, 9.17) is 23.7 Å². The highest BCUT2D eigenvalue weighted by atomic mass is 32.2. The Labute approximate surface area is 367 Å². The number of nitrogens with zero attached hydrogens (tertiary/aromatic N) is 3. The van der Waals surface area contributed by atoms with Gasteiger partial charge in [-0.1, -0.05) is 62.3 Å². The Morgan fingerprint density at radius 3 is 2.33 bits per heavy atom. The highest BCUT2D eigenvalue weighted by Crippen LogP contribution is 2.48. The standard InChI is InChI=1S/C46H56N6O10S/c1-10-29-24-46(29,41(55)51-63(57,58)45(18-19-45)25-30-20-27(2)62-50-30)49-39(53)36-22-32(26-52(36)40(54)38(43(3,4)5)48-42(56)61-44(6,7)8)60-37-23-34(28-14-12-11-13-15-28)47-35-21-31(59-9)16-17-33(35)37/h10-17,20-21,23,29,32,36,38H,1,18-19,22,24-26H2,2-9H3,(H,48,56)(H,49,53)(H,51,55)/t29-,32+,36-,38+,46-/m0/s1. The van der Waals surface area contributed by atoms with Crippen molar-refractivity contribution in [2.75, 3.05) is 13.7 Å². The summed E-state index contributed by atoms with van der Waals surface area (Å²) in [7, 11) is -2.69. The molecular formula is C46H56N6O10S. The number of ether oxygens (including phenoxy) is 3. The number of nitrogens with one attached hydrogen (secondary N) is 3. The summed E-state index contributed by atoms with van der Waals surface area (Å²) in [4.78, 5) is 63.1. The normalized spacial score (nSPS) is 22.1. The molecule has 0 spiro atoms. The Hall–Kier alpha value is -5.97. The minimum atomic E-state index is -4.25. The topological polar surface area (TPSA) is 208 Å². The van der Waals surface area contributed by atoms with Crippen LogP contribution in [0.3, 0.4) is 0 Å². The van der Waals surface area contributed by atoms with Crippen molar-refractivity contribution in [3.63, 3.8) is 0 Å². The molecule has 0 bridgehead atoms. The molecule has 3 aliphatic rings. The van der Waals surface area contributed by atoms with E-state index in [1.54, 1.807) is 79.8 Å². The smallest absolute Gasteiger partial charge is 0.408 e. The molecule has 7 rings (SSSR count). The third-order valence-corrected chi connectivity index (χ3v) is 13.9. The van der Waals surface area contributed by atoms with Crippen molar-refractivity contribution in [1.82, 2.24) is 30.4 Å². The van der Waals surface area contributed by atoms with Crippen molar-refractivity contribution in [2.45, 2.75) is 115 Å². The maximum atomic E-state index is 14.8. The zero-order valence-corrected chi connectivity index (χ0v) is 37.8. The van der Waals surface area contributed by atoms with Gasteiger partial charge in [0.05, 0.1) is 35.3 Å². The van der Waals surface area contributed by atoms with Gasteiger partial charge >= 0.3 is 6.09 Å². The predicted octanol–water partition coefficient (Wildman–Crippen LogP) is 5.78. The summed E-state index contributed by atoms with van der Waals surface area (Å²) in [6, 6.07) is 16.0. The molecule has 16 nitrogen and oxygen atoms in total. The van der Waals surface area contributed by atoms with Gasteiger partial charge in [0, 0.05) is 47.9 Å². The van der Waals surface area contributed by atoms with Crippen LogP contribution in [-0.4, -0.2) is 95.0 Å². The van der Waals surface area contributed by atoms with Crippen LogP contribution >= 0.6 is 0 Å². The lowest BCUT2D eigenvalue weighted by molar-refractivity contribution is -0.143. The molecule has 1 saturated heterocycles. The van der Waals surface area contributed by atoms with Crippen LogP contribution in [0, 0.1) is 18.3 Å². The van der Waals surface area contributed by atoms with Crippen molar-refractivity contribution >= 4 is 44.7 Å². The van der Waals surface area contributed by atoms with Gasteiger partial charge in [-0.05, 0) is 64.5 Å². The lowest BCUT2D eigenvalue weighted by Crippen LogP contribution is -2.60. The second kappa shape index (κ2) is 16.6. The first-order chi connectivity index (χ1) is 29.6. The van der Waals surface area contributed by atoms with Gasteiger partial charge in [-0.15, -0.1) is 6.58 Å². The van der Waals surface area contributed by atoms with Gasteiger partial charge in [-0.25, -0.2) is 18.2 Å². The molecule has 2 aromatic carbocycles. The number of benzene rings is 2. The average Bonchev–Trinajstić information content (AvgIpc) is 4.06. The summed E-state index contributed by atoms with van der Waals surface area (Å²) < 4.78 is 51.6. The number of methoxy groups -OCH3 is 1. The quantitative estimate of drug-likeness (QED) is 0.129. The van der Waals surface area contributed by atoms with Crippen molar-refractivity contribution in [1.29, 1.82) is 0 Å². The SMILES string of the molecule is C=C[C@H]1C[C@@]1(NC(=O)[C@@H]1C[C@@H](Oc2cc(-c3ccccc3)nc3cc(OC)ccc23)CN1C(=O)[C@@H](NC(=O)OC(C)(C)C)C(C)(C)C)C(=O)NS(=O)(=O)C1(Cc2cc(C)on2)CC1. The Morgan fingerprint density at radius 1 is 1.03 bits per heavy atom. The molecule has 336 valence electrons. The van der Waals surface area contributed by atoms with Gasteiger partial charge in [0.1, 0.15) is 46.6 Å². The highest BCUT2D eigenvalue weighted by Gasteiger charge is 2.64. The maximum Gasteiger partial charge on any atom is 0.408 e. The lowest BCUT2D eigenvalue weighted by atomic mass is 9.85. The maximum absolute atomic E-state index is 14.8. The first kappa shape index (κ1) is 45.1. The summed E-state index contributed by atoms with van der Waals surface area (Å²) >= 11 is 0. The largest absolute Gasteiger partial charge is 0.497 e. The van der Waals surface area contributed by atoms with Crippen LogP contribution in [0.15, 0.2) is 77.8 Å². The third kappa shape index (κ3) is 9.53. The molecule has 0 unspecified atom stereocenters. The fourth-order valence-electron chi connectivity index (χ4n) is 8.12. The van der Waals surface area contributed by atoms with Crippen LogP contribution in [0.4, 0.5) is 4.79 Å². The van der Waals surface area contributed by atoms with Crippen LogP contribution in [0.5, 0.6) is 11.5 Å². The van der Waals surface area contributed by atoms with E-state index in [-0.39, 0.29) is 25.8 Å². The number of carbonyl (C=O) groups is 4. The van der Waals surface area contributed by atoms with E-state index in [0.717, 1.165) is 5.56 Å². The molecule has 2 saturated carbocycles. The molecule has 4 aromatic rings. The van der Waals surface area contributed by atoms with Crippen LogP contribution in [0.25, 0.3) is 22.2 Å². The van der Waals surface area contributed by atoms with E-state index < -0.39 is 79.2 Å². The van der Waals surface area contributed by atoms with Gasteiger partial charge in [-0.2, -0.15) is 0 Å². The van der Waals surface area contributed by atoms with E-state index >= 15 is 0 Å². The Bertz CT molecular complexity index is 2540. The minimum absolute atomic E-state index is 0.0174. The Kier molecular flexibility index (Phi) is 11.9. The summed E-state index contributed by atoms with van der Waals surface area (Å²) in [6.07, 6.45) is 0.656. The van der Waals surface area contributed by atoms with E-state index in [0.29, 0.717) is 52.4 Å². The van der Waals surface area contributed by atoms with Crippen LogP contribution in [0.2, 0.25) is 0 Å². The Balaban J connectivity index is 1.20. The predicted molar refractivity (Wildman–Crippen MR) is 234 cm³/mol. The van der Waals surface area contributed by atoms with E-state index in [1.165, 1.54) is 11.0 Å². The molecule has 2 aromatic heterocycles. The van der Waals surface area contributed by atoms with Gasteiger partial charge in [0.25, 0.3) is 5.91 Å². The molecule has 4 amide bonds. The monoisotopic (exact) mass is 884 g/mol. The fourth-order valence-corrected chi connectivity index (χ4v) is 9.74. The molecule has 5 atom stereocenters. The number of alkyl carbamates (subject to hydrolysis) is 1. The molecule has 3 N–H and O–H groups in total. The number of carbonyl (C=O) groups excluding carboxylic acids is 4. The summed E-state index contributed by atoms with van der Waals surface area (Å²) in [5.41, 5.74) is -0.876. The number of pyridine rings is 1. The summed E-state index contributed by atoms with van der Waals surface area (Å²) in [5.74, 6) is -1.22. The zero-order valence-electron chi connectivity index (χ0n) is 36.9. The number of aryl methyl sites for hydroxylation is 1. The zero-order chi connectivity index (χ0) is 45.7. The minimum Gasteiger partial charge on any atom is -0.497 e. The number of rotatable bonds is 14. The molecule has 2 aliphatic carbocycles. The van der Waals surface area contributed by atoms with Crippen LogP contribution < -0.4 is 24.8 Å². The Morgan fingerprint density at radius 2 is 1.75 bits per heavy atom.